The summed E-state index contributed by atoms with van der Waals surface area (Å²) in [6, 6.07) is 8.27. The molecule has 1 aromatic heterocycles. The van der Waals surface area contributed by atoms with E-state index in [1.165, 1.54) is 24.1 Å². The van der Waals surface area contributed by atoms with Crippen molar-refractivity contribution in [1.29, 1.82) is 0 Å². The van der Waals surface area contributed by atoms with Crippen LogP contribution in [-0.2, 0) is 6.42 Å². The number of aromatic nitrogens is 2. The fraction of sp³-hybridized carbons (Fsp3) is 0.400. The number of nitrogens with zero attached hydrogens (tertiary/aromatic N) is 4. The van der Waals surface area contributed by atoms with Crippen molar-refractivity contribution in [1.82, 2.24) is 9.66 Å². The van der Waals surface area contributed by atoms with Gasteiger partial charge in [0, 0.05) is 22.5 Å². The van der Waals surface area contributed by atoms with E-state index in [1.54, 1.807) is 18.2 Å². The second kappa shape index (κ2) is 11.0. The van der Waals surface area contributed by atoms with Crippen LogP contribution in [0.2, 0.25) is 0 Å². The largest absolute Gasteiger partial charge is 0.493 e. The molecule has 0 unspecified atom stereocenters. The van der Waals surface area contributed by atoms with Gasteiger partial charge in [0.1, 0.15) is 5.82 Å². The van der Waals surface area contributed by atoms with Gasteiger partial charge in [-0.1, -0.05) is 50.0 Å². The molecule has 0 atom stereocenters. The first-order valence-electron chi connectivity index (χ1n) is 11.3. The molecule has 10 heteroatoms. The summed E-state index contributed by atoms with van der Waals surface area (Å²) in [4.78, 5) is 29.2. The molecular weight excluding hydrogens is 516 g/mol. The van der Waals surface area contributed by atoms with Crippen LogP contribution in [0.4, 0.5) is 5.69 Å². The van der Waals surface area contributed by atoms with E-state index in [0.29, 0.717) is 28.7 Å². The summed E-state index contributed by atoms with van der Waals surface area (Å²) in [6.45, 7) is 8.23. The molecule has 3 aromatic rings. The first kappa shape index (κ1) is 26.3. The predicted octanol–water partition coefficient (Wildman–Crippen LogP) is 5.73. The molecule has 2 aromatic carbocycles. The Morgan fingerprint density at radius 1 is 1.26 bits per heavy atom. The van der Waals surface area contributed by atoms with Crippen molar-refractivity contribution in [3.63, 3.8) is 0 Å². The number of fused-ring (bicyclic) bond motifs is 1. The Labute approximate surface area is 212 Å². The van der Waals surface area contributed by atoms with E-state index in [1.807, 2.05) is 26.8 Å². The van der Waals surface area contributed by atoms with Crippen molar-refractivity contribution in [2.75, 3.05) is 13.7 Å². The van der Waals surface area contributed by atoms with Gasteiger partial charge in [0.25, 0.3) is 5.56 Å². The maximum Gasteiger partial charge on any atom is 0.315 e. The van der Waals surface area contributed by atoms with Crippen LogP contribution in [-0.4, -0.2) is 34.5 Å². The molecule has 0 aliphatic rings. The first-order chi connectivity index (χ1) is 16.5. The highest BCUT2D eigenvalue weighted by Crippen LogP contribution is 2.39. The van der Waals surface area contributed by atoms with Gasteiger partial charge in [0.2, 0.25) is 5.75 Å². The summed E-state index contributed by atoms with van der Waals surface area (Å²) < 4.78 is 13.2. The van der Waals surface area contributed by atoms with Gasteiger partial charge in [-0.05, 0) is 36.1 Å². The van der Waals surface area contributed by atoms with Crippen LogP contribution in [0.1, 0.15) is 51.9 Å². The van der Waals surface area contributed by atoms with E-state index in [0.717, 1.165) is 17.3 Å². The van der Waals surface area contributed by atoms with Crippen LogP contribution in [0, 0.1) is 15.5 Å². The number of methoxy groups -OCH3 is 1. The number of nitro groups is 1. The lowest BCUT2D eigenvalue weighted by Gasteiger charge is -2.20. The van der Waals surface area contributed by atoms with Crippen LogP contribution >= 0.6 is 15.9 Å². The summed E-state index contributed by atoms with van der Waals surface area (Å²) >= 11 is 3.39. The van der Waals surface area contributed by atoms with Gasteiger partial charge in [-0.25, -0.2) is 4.98 Å². The van der Waals surface area contributed by atoms with E-state index in [4.69, 9.17) is 9.47 Å². The summed E-state index contributed by atoms with van der Waals surface area (Å²) in [6.07, 6.45) is 3.73. The quantitative estimate of drug-likeness (QED) is 0.193. The van der Waals surface area contributed by atoms with Gasteiger partial charge in [-0.15, -0.1) is 0 Å². The summed E-state index contributed by atoms with van der Waals surface area (Å²) in [5.41, 5.74) is 0.222. The Kier molecular flexibility index (Phi) is 8.26. The first-order valence-corrected chi connectivity index (χ1v) is 12.1. The minimum absolute atomic E-state index is 0.0580. The lowest BCUT2D eigenvalue weighted by atomic mass is 9.98. The number of hydrogen-bond acceptors (Lipinski definition) is 7. The maximum absolute atomic E-state index is 13.3. The normalized spacial score (nSPS) is 11.8. The molecule has 3 rings (SSSR count). The van der Waals surface area contributed by atoms with Gasteiger partial charge >= 0.3 is 5.69 Å². The van der Waals surface area contributed by atoms with Gasteiger partial charge in [-0.2, -0.15) is 9.78 Å². The Bertz CT molecular complexity index is 1330. The zero-order valence-electron chi connectivity index (χ0n) is 20.5. The fourth-order valence-corrected chi connectivity index (χ4v) is 3.70. The molecule has 0 spiro atoms. The zero-order chi connectivity index (χ0) is 25.8. The average Bonchev–Trinajstić information content (AvgIpc) is 2.80. The Morgan fingerprint density at radius 2 is 2.00 bits per heavy atom. The van der Waals surface area contributed by atoms with Gasteiger partial charge in [0.15, 0.2) is 5.75 Å². The Morgan fingerprint density at radius 3 is 2.63 bits per heavy atom. The molecule has 35 heavy (non-hydrogen) atoms. The number of benzene rings is 2. The van der Waals surface area contributed by atoms with E-state index in [-0.39, 0.29) is 34.8 Å². The highest BCUT2D eigenvalue weighted by Gasteiger charge is 2.24. The van der Waals surface area contributed by atoms with Crippen molar-refractivity contribution in [2.24, 2.45) is 10.5 Å². The zero-order valence-corrected chi connectivity index (χ0v) is 22.1. The third-order valence-corrected chi connectivity index (χ3v) is 5.57. The topological polar surface area (TPSA) is 109 Å². The summed E-state index contributed by atoms with van der Waals surface area (Å²) in [5.74, 6) is 0.793. The van der Waals surface area contributed by atoms with Crippen LogP contribution in [0.15, 0.2) is 44.7 Å². The van der Waals surface area contributed by atoms with Crippen molar-refractivity contribution in [3.05, 3.63) is 66.7 Å². The molecule has 186 valence electrons. The number of unbranched alkanes of at least 4 members (excludes halogenated alkanes) is 1. The lowest BCUT2D eigenvalue weighted by Crippen LogP contribution is -2.22. The monoisotopic (exact) mass is 544 g/mol. The van der Waals surface area contributed by atoms with Crippen molar-refractivity contribution >= 4 is 38.7 Å². The van der Waals surface area contributed by atoms with Gasteiger partial charge < -0.3 is 9.47 Å². The second-order valence-electron chi connectivity index (χ2n) is 9.33. The van der Waals surface area contributed by atoms with Crippen molar-refractivity contribution < 1.29 is 14.4 Å². The van der Waals surface area contributed by atoms with Gasteiger partial charge in [-0.3, -0.25) is 14.9 Å². The number of aryl methyl sites for hydroxylation is 1. The Hall–Kier alpha value is -3.27. The van der Waals surface area contributed by atoms with E-state index < -0.39 is 4.92 Å². The van der Waals surface area contributed by atoms with Crippen LogP contribution in [0.3, 0.4) is 0 Å². The molecule has 9 nitrogen and oxygen atoms in total. The fourth-order valence-electron chi connectivity index (χ4n) is 3.34. The Balaban J connectivity index is 2.10. The predicted molar refractivity (Wildman–Crippen MR) is 140 cm³/mol. The van der Waals surface area contributed by atoms with Crippen molar-refractivity contribution in [3.8, 4) is 11.5 Å². The van der Waals surface area contributed by atoms with Crippen LogP contribution < -0.4 is 15.0 Å². The number of hydrogen-bond donors (Lipinski definition) is 0. The molecule has 0 bridgehead atoms. The molecule has 0 aliphatic carbocycles. The summed E-state index contributed by atoms with van der Waals surface area (Å²) in [5, 5.41) is 16.6. The number of ether oxygens (including phenoxy) is 2. The molecule has 1 heterocycles. The van der Waals surface area contributed by atoms with E-state index in [9.17, 15) is 14.9 Å². The average molecular weight is 545 g/mol. The smallest absolute Gasteiger partial charge is 0.315 e. The third-order valence-electron chi connectivity index (χ3n) is 5.08. The van der Waals surface area contributed by atoms with E-state index >= 15 is 0 Å². The molecule has 0 fully saturated rings. The second-order valence-corrected chi connectivity index (χ2v) is 10.2. The van der Waals surface area contributed by atoms with Gasteiger partial charge in [0.05, 0.1) is 35.8 Å². The maximum atomic E-state index is 13.3. The van der Waals surface area contributed by atoms with Crippen molar-refractivity contribution in [2.45, 2.75) is 47.0 Å². The van der Waals surface area contributed by atoms with Crippen LogP contribution in [0.5, 0.6) is 11.5 Å². The highest BCUT2D eigenvalue weighted by atomic mass is 79.9. The molecule has 0 N–H and O–H groups in total. The van der Waals surface area contributed by atoms with Crippen LogP contribution in [0.25, 0.3) is 10.9 Å². The number of halogens is 1. The number of rotatable bonds is 9. The molecule has 0 aliphatic heterocycles. The molecule has 0 saturated carbocycles. The van der Waals surface area contributed by atoms with E-state index in [2.05, 4.69) is 32.9 Å². The number of nitro benzene ring substituents is 1. The molecule has 0 radical (unpaired) electrons. The highest BCUT2D eigenvalue weighted by molar-refractivity contribution is 9.10. The molecule has 0 saturated heterocycles. The summed E-state index contributed by atoms with van der Waals surface area (Å²) in [7, 11) is 1.42. The minimum Gasteiger partial charge on any atom is -0.493 e. The third kappa shape index (κ3) is 6.45. The molecular formula is C25H29BrN4O5. The molecule has 0 amide bonds. The minimum atomic E-state index is -0.522. The lowest BCUT2D eigenvalue weighted by molar-refractivity contribution is -0.386. The SMILES string of the molecule is CCCCc1nc2ccc(Br)cc2c(=O)n1N=Cc1cc(OC)c(OCC(C)(C)C)c([N+](=O)[O-])c1. The standard InChI is InChI=1S/C25H29BrN4O5/c1-6-7-8-22-28-19-10-9-17(26)13-18(19)24(31)29(22)27-14-16-11-20(30(32)33)23(21(12-16)34-5)35-15-25(2,3)4/h9-14H,6-8,15H2,1-5H3.